The zero-order chi connectivity index (χ0) is 13.9. The highest BCUT2D eigenvalue weighted by Crippen LogP contribution is 2.26. The summed E-state index contributed by atoms with van der Waals surface area (Å²) >= 11 is 0. The predicted octanol–water partition coefficient (Wildman–Crippen LogP) is 2.61. The van der Waals surface area contributed by atoms with Gasteiger partial charge in [0.25, 0.3) is 0 Å². The molecule has 0 fully saturated rings. The first-order valence-electron chi connectivity index (χ1n) is 4.76. The summed E-state index contributed by atoms with van der Waals surface area (Å²) in [5.41, 5.74) is -0.214. The van der Waals surface area contributed by atoms with E-state index in [0.29, 0.717) is 5.69 Å². The minimum atomic E-state index is -4.28. The van der Waals surface area contributed by atoms with Crippen LogP contribution < -0.4 is 5.32 Å². The van der Waals surface area contributed by atoms with E-state index in [1.165, 1.54) is 13.0 Å². The van der Waals surface area contributed by atoms with Crippen LogP contribution in [-0.4, -0.2) is 28.8 Å². The Morgan fingerprint density at radius 3 is 2.61 bits per heavy atom. The van der Waals surface area contributed by atoms with Crippen molar-refractivity contribution in [3.05, 3.63) is 27.9 Å². The molecule has 18 heavy (non-hydrogen) atoms. The van der Waals surface area contributed by atoms with Crippen LogP contribution in [0.2, 0.25) is 0 Å². The van der Waals surface area contributed by atoms with E-state index < -0.39 is 35.3 Å². The highest BCUT2D eigenvalue weighted by molar-refractivity contribution is 5.56. The number of pyridine rings is 1. The van der Waals surface area contributed by atoms with Crippen LogP contribution in [0.4, 0.5) is 29.1 Å². The Morgan fingerprint density at radius 2 is 2.11 bits per heavy atom. The number of halogens is 4. The Kier molecular flexibility index (Phi) is 4.04. The quantitative estimate of drug-likeness (QED) is 0.506. The van der Waals surface area contributed by atoms with Gasteiger partial charge in [0, 0.05) is 11.8 Å². The maximum absolute atomic E-state index is 12.7. The van der Waals surface area contributed by atoms with Crippen LogP contribution >= 0.6 is 0 Å². The maximum Gasteiger partial charge on any atom is 0.324 e. The molecule has 5 nitrogen and oxygen atoms in total. The van der Waals surface area contributed by atoms with Crippen LogP contribution in [0.5, 0.6) is 0 Å². The second-order valence-corrected chi connectivity index (χ2v) is 3.49. The lowest BCUT2D eigenvalue weighted by Gasteiger charge is -2.16. The number of nitrogens with one attached hydrogen (secondary N) is 1. The van der Waals surface area contributed by atoms with Gasteiger partial charge >= 0.3 is 18.0 Å². The van der Waals surface area contributed by atoms with Crippen LogP contribution in [0.1, 0.15) is 5.69 Å². The highest BCUT2D eigenvalue weighted by atomic mass is 19.3. The van der Waals surface area contributed by atoms with Crippen LogP contribution in [0.3, 0.4) is 0 Å². The van der Waals surface area contributed by atoms with Crippen molar-refractivity contribution in [1.29, 1.82) is 0 Å². The first kappa shape index (κ1) is 14.1. The number of anilines is 1. The fourth-order valence-electron chi connectivity index (χ4n) is 1.11. The molecule has 0 amide bonds. The van der Waals surface area contributed by atoms with E-state index in [0.717, 1.165) is 6.07 Å². The van der Waals surface area contributed by atoms with E-state index in [2.05, 4.69) is 4.98 Å². The van der Waals surface area contributed by atoms with Gasteiger partial charge in [-0.3, -0.25) is 10.1 Å². The van der Waals surface area contributed by atoms with Gasteiger partial charge < -0.3 is 5.32 Å². The van der Waals surface area contributed by atoms with E-state index in [1.807, 2.05) is 5.32 Å². The van der Waals surface area contributed by atoms with Gasteiger partial charge in [0.2, 0.25) is 5.82 Å². The molecule has 0 aliphatic carbocycles. The fraction of sp³-hybridized carbons (Fsp3) is 0.444. The highest BCUT2D eigenvalue weighted by Gasteiger charge is 2.40. The molecule has 1 aromatic heterocycles. The zero-order valence-corrected chi connectivity index (χ0v) is 9.16. The summed E-state index contributed by atoms with van der Waals surface area (Å²) in [6, 6.07) is 2.37. The summed E-state index contributed by atoms with van der Waals surface area (Å²) in [5.74, 6) is -4.74. The van der Waals surface area contributed by atoms with Gasteiger partial charge in [0.05, 0.1) is 11.5 Å². The predicted molar refractivity (Wildman–Crippen MR) is 55.1 cm³/mol. The first-order valence-corrected chi connectivity index (χ1v) is 4.76. The molecule has 0 saturated heterocycles. The molecule has 1 rings (SSSR count). The smallest absolute Gasteiger partial charge is 0.324 e. The van der Waals surface area contributed by atoms with Gasteiger partial charge in [-0.25, -0.2) is 13.8 Å². The monoisotopic (exact) mass is 267 g/mol. The van der Waals surface area contributed by atoms with Gasteiger partial charge in [-0.1, -0.05) is 0 Å². The normalized spacial score (nSPS) is 11.7. The summed E-state index contributed by atoms with van der Waals surface area (Å²) in [5, 5.41) is 12.5. The number of aromatic nitrogens is 1. The van der Waals surface area contributed by atoms with E-state index in [4.69, 9.17) is 0 Å². The maximum atomic E-state index is 12.7. The molecule has 0 aliphatic heterocycles. The van der Waals surface area contributed by atoms with Crippen LogP contribution in [0, 0.1) is 17.0 Å². The van der Waals surface area contributed by atoms with E-state index in [1.54, 1.807) is 0 Å². The Hall–Kier alpha value is -1.93. The molecule has 0 unspecified atom stereocenters. The number of alkyl halides is 4. The molecule has 0 aliphatic rings. The molecular weight excluding hydrogens is 258 g/mol. The third kappa shape index (κ3) is 3.28. The molecule has 0 bridgehead atoms. The molecule has 0 atom stereocenters. The lowest BCUT2D eigenvalue weighted by Crippen LogP contribution is -2.35. The van der Waals surface area contributed by atoms with Crippen molar-refractivity contribution in [3.63, 3.8) is 0 Å². The van der Waals surface area contributed by atoms with Gasteiger partial charge in [-0.2, -0.15) is 8.78 Å². The van der Waals surface area contributed by atoms with Crippen molar-refractivity contribution >= 4 is 11.5 Å². The van der Waals surface area contributed by atoms with E-state index in [9.17, 15) is 27.7 Å². The molecule has 9 heteroatoms. The van der Waals surface area contributed by atoms with Crippen molar-refractivity contribution < 1.29 is 22.5 Å². The van der Waals surface area contributed by atoms with Crippen molar-refractivity contribution in [2.75, 3.05) is 11.9 Å². The van der Waals surface area contributed by atoms with Crippen molar-refractivity contribution in [2.45, 2.75) is 19.3 Å². The topological polar surface area (TPSA) is 68.1 Å². The summed E-state index contributed by atoms with van der Waals surface area (Å²) < 4.78 is 49.1. The van der Waals surface area contributed by atoms with Crippen molar-refractivity contribution in [1.82, 2.24) is 4.98 Å². The molecule has 100 valence electrons. The van der Waals surface area contributed by atoms with Crippen molar-refractivity contribution in [2.24, 2.45) is 0 Å². The molecule has 0 aromatic carbocycles. The molecule has 0 saturated carbocycles. The second-order valence-electron chi connectivity index (χ2n) is 3.49. The summed E-state index contributed by atoms with van der Waals surface area (Å²) in [4.78, 5) is 13.4. The minimum Gasteiger partial charge on any atom is -0.358 e. The number of hydrogen-bond donors (Lipinski definition) is 1. The van der Waals surface area contributed by atoms with Crippen LogP contribution in [0.25, 0.3) is 0 Å². The number of rotatable bonds is 5. The Bertz CT molecular complexity index is 453. The SMILES string of the molecule is Cc1ccc([N+](=O)[O-])c(NCC(F)(F)C(F)F)n1. The molecule has 1 N–H and O–H groups in total. The standard InChI is InChI=1S/C9H9F4N3O2/c1-5-2-3-6(16(17)18)7(15-5)14-4-9(12,13)8(10)11/h2-3,8H,4H2,1H3,(H,14,15). The van der Waals surface area contributed by atoms with Crippen LogP contribution in [-0.2, 0) is 0 Å². The van der Waals surface area contributed by atoms with Gasteiger partial charge in [-0.15, -0.1) is 0 Å². The fourth-order valence-corrected chi connectivity index (χ4v) is 1.11. The number of hydrogen-bond acceptors (Lipinski definition) is 4. The Balaban J connectivity index is 2.90. The lowest BCUT2D eigenvalue weighted by molar-refractivity contribution is -0.384. The molecule has 0 spiro atoms. The average molecular weight is 267 g/mol. The van der Waals surface area contributed by atoms with E-state index in [-0.39, 0.29) is 0 Å². The third-order valence-electron chi connectivity index (χ3n) is 2.02. The molecule has 1 heterocycles. The summed E-state index contributed by atoms with van der Waals surface area (Å²) in [7, 11) is 0. The van der Waals surface area contributed by atoms with Crippen LogP contribution in [0.15, 0.2) is 12.1 Å². The lowest BCUT2D eigenvalue weighted by atomic mass is 10.3. The minimum absolute atomic E-state index is 0.337. The third-order valence-corrected chi connectivity index (χ3v) is 2.02. The number of aryl methyl sites for hydroxylation is 1. The average Bonchev–Trinajstić information content (AvgIpc) is 2.26. The zero-order valence-electron chi connectivity index (χ0n) is 9.16. The first-order chi connectivity index (χ1) is 8.24. The number of nitrogens with zero attached hydrogens (tertiary/aromatic N) is 2. The summed E-state index contributed by atoms with van der Waals surface area (Å²) in [6.07, 6.45) is -3.85. The van der Waals surface area contributed by atoms with Gasteiger partial charge in [-0.05, 0) is 13.0 Å². The van der Waals surface area contributed by atoms with E-state index >= 15 is 0 Å². The second kappa shape index (κ2) is 5.15. The largest absolute Gasteiger partial charge is 0.358 e. The molecule has 0 radical (unpaired) electrons. The van der Waals surface area contributed by atoms with Gasteiger partial charge in [0.15, 0.2) is 0 Å². The van der Waals surface area contributed by atoms with Gasteiger partial charge in [0.1, 0.15) is 0 Å². The molecular formula is C9H9F4N3O2. The summed E-state index contributed by atoms with van der Waals surface area (Å²) in [6.45, 7) is 0.0577. The Morgan fingerprint density at radius 1 is 1.50 bits per heavy atom. The number of nitro groups is 1. The Labute approximate surface area is 99.0 Å². The molecule has 1 aromatic rings. The van der Waals surface area contributed by atoms with Crippen molar-refractivity contribution in [3.8, 4) is 0 Å².